The topological polar surface area (TPSA) is 57.3 Å². The molecule has 0 aliphatic carbocycles. The van der Waals surface area contributed by atoms with Crippen LogP contribution in [0.15, 0.2) is 18.2 Å². The van der Waals surface area contributed by atoms with Crippen molar-refractivity contribution in [2.45, 2.75) is 26.8 Å². The minimum atomic E-state index is -0.186. The second kappa shape index (κ2) is 6.18. The van der Waals surface area contributed by atoms with Crippen LogP contribution in [-0.2, 0) is 4.79 Å². The van der Waals surface area contributed by atoms with Crippen LogP contribution >= 0.6 is 0 Å². The van der Waals surface area contributed by atoms with Crippen LogP contribution in [0.5, 0.6) is 0 Å². The number of nitrogens with zero attached hydrogens (tertiary/aromatic N) is 1. The smallest absolute Gasteiger partial charge is 0.279 e. The third-order valence-corrected chi connectivity index (χ3v) is 3.12. The highest BCUT2D eigenvalue weighted by Gasteiger charge is 2.16. The van der Waals surface area contributed by atoms with Crippen LogP contribution in [0.3, 0.4) is 0 Å². The van der Waals surface area contributed by atoms with Crippen LogP contribution in [0.1, 0.15) is 18.1 Å². The van der Waals surface area contributed by atoms with Crippen LogP contribution in [0.2, 0.25) is 0 Å². The first-order chi connectivity index (χ1) is 8.45. The number of rotatable bonds is 4. The van der Waals surface area contributed by atoms with Crippen molar-refractivity contribution in [1.82, 2.24) is 0 Å². The van der Waals surface area contributed by atoms with Gasteiger partial charge in [-0.3, -0.25) is 4.79 Å². The lowest BCUT2D eigenvalue weighted by Crippen LogP contribution is -3.13. The zero-order valence-corrected chi connectivity index (χ0v) is 11.4. The molecule has 0 aliphatic heterocycles. The summed E-state index contributed by atoms with van der Waals surface area (Å²) in [7, 11) is 1.85. The van der Waals surface area contributed by atoms with E-state index in [0.29, 0.717) is 6.54 Å². The standard InChI is InChI=1S/C14H19N3O/c1-10-6-5-7-11(2)14(10)16-13(18)9-17(4)12(3)8-15/h5-7,12H,9H2,1-4H3,(H,16,18)/p+1/t12-/m0/s1. The molecule has 0 bridgehead atoms. The summed E-state index contributed by atoms with van der Waals surface area (Å²) in [6.07, 6.45) is 0. The molecule has 96 valence electrons. The van der Waals surface area contributed by atoms with Crippen LogP contribution in [0.4, 0.5) is 5.69 Å². The first-order valence-corrected chi connectivity index (χ1v) is 6.03. The van der Waals surface area contributed by atoms with E-state index < -0.39 is 0 Å². The number of aryl methyl sites for hydroxylation is 2. The van der Waals surface area contributed by atoms with Crippen molar-refractivity contribution in [3.05, 3.63) is 29.3 Å². The zero-order chi connectivity index (χ0) is 13.7. The molecule has 0 fully saturated rings. The Bertz CT molecular complexity index is 456. The molecule has 0 heterocycles. The van der Waals surface area contributed by atoms with Crippen molar-refractivity contribution in [1.29, 1.82) is 5.26 Å². The van der Waals surface area contributed by atoms with Crippen molar-refractivity contribution in [3.8, 4) is 6.07 Å². The van der Waals surface area contributed by atoms with Gasteiger partial charge < -0.3 is 10.2 Å². The number of carbonyl (C=O) groups is 1. The quantitative estimate of drug-likeness (QED) is 0.820. The van der Waals surface area contributed by atoms with Crippen molar-refractivity contribution in [2.75, 3.05) is 18.9 Å². The van der Waals surface area contributed by atoms with Gasteiger partial charge >= 0.3 is 0 Å². The molecule has 1 rings (SSSR count). The van der Waals surface area contributed by atoms with Gasteiger partial charge in [0.25, 0.3) is 5.91 Å². The monoisotopic (exact) mass is 246 g/mol. The van der Waals surface area contributed by atoms with Gasteiger partial charge in [0.1, 0.15) is 6.07 Å². The van der Waals surface area contributed by atoms with Crippen LogP contribution in [0, 0.1) is 25.2 Å². The normalized spacial score (nSPS) is 13.5. The van der Waals surface area contributed by atoms with E-state index in [4.69, 9.17) is 5.26 Å². The third-order valence-electron chi connectivity index (χ3n) is 3.12. The molecule has 0 radical (unpaired) electrons. The van der Waals surface area contributed by atoms with E-state index in [9.17, 15) is 4.79 Å². The number of hydrogen-bond acceptors (Lipinski definition) is 2. The number of nitriles is 1. The largest absolute Gasteiger partial charge is 0.321 e. The lowest BCUT2D eigenvalue weighted by Gasteiger charge is -2.17. The molecule has 0 saturated heterocycles. The van der Waals surface area contributed by atoms with E-state index >= 15 is 0 Å². The molecule has 18 heavy (non-hydrogen) atoms. The Hall–Kier alpha value is -1.86. The second-order valence-corrected chi connectivity index (χ2v) is 4.69. The van der Waals surface area contributed by atoms with Gasteiger partial charge in [-0.15, -0.1) is 0 Å². The number of benzene rings is 1. The minimum Gasteiger partial charge on any atom is -0.321 e. The Balaban J connectivity index is 2.69. The van der Waals surface area contributed by atoms with Crippen LogP contribution in [0.25, 0.3) is 0 Å². The highest BCUT2D eigenvalue weighted by atomic mass is 16.2. The number of quaternary nitrogens is 1. The van der Waals surface area contributed by atoms with Crippen LogP contribution in [-0.4, -0.2) is 25.5 Å². The molecule has 2 N–H and O–H groups in total. The summed E-state index contributed by atoms with van der Waals surface area (Å²) in [5.41, 5.74) is 2.98. The van der Waals surface area contributed by atoms with Gasteiger partial charge in [-0.25, -0.2) is 0 Å². The highest BCUT2D eigenvalue weighted by molar-refractivity contribution is 5.93. The summed E-state index contributed by atoms with van der Waals surface area (Å²) in [6, 6.07) is 7.86. The summed E-state index contributed by atoms with van der Waals surface area (Å²) in [6.45, 7) is 6.04. The average Bonchev–Trinajstić information content (AvgIpc) is 2.32. The molecule has 0 spiro atoms. The fourth-order valence-electron chi connectivity index (χ4n) is 1.71. The number of anilines is 1. The Kier molecular flexibility index (Phi) is 4.87. The Morgan fingerprint density at radius 1 is 1.44 bits per heavy atom. The molecular formula is C14H20N3O+. The number of likely N-dealkylation sites (N-methyl/N-ethyl adjacent to an activating group) is 1. The Labute approximate surface area is 108 Å². The van der Waals surface area contributed by atoms with Crippen molar-refractivity contribution in [3.63, 3.8) is 0 Å². The number of para-hydroxylation sites is 1. The van der Waals surface area contributed by atoms with E-state index in [1.165, 1.54) is 0 Å². The number of nitrogens with one attached hydrogen (secondary N) is 2. The lowest BCUT2D eigenvalue weighted by atomic mass is 10.1. The Morgan fingerprint density at radius 3 is 2.50 bits per heavy atom. The Morgan fingerprint density at radius 2 is 2.00 bits per heavy atom. The lowest BCUT2D eigenvalue weighted by molar-refractivity contribution is -0.886. The van der Waals surface area contributed by atoms with E-state index in [0.717, 1.165) is 21.7 Å². The van der Waals surface area contributed by atoms with Crippen molar-refractivity contribution >= 4 is 11.6 Å². The van der Waals surface area contributed by atoms with Crippen molar-refractivity contribution < 1.29 is 9.69 Å². The number of carbonyl (C=O) groups excluding carboxylic acids is 1. The van der Waals surface area contributed by atoms with Gasteiger partial charge in [0.2, 0.25) is 0 Å². The molecule has 1 aromatic carbocycles. The fourth-order valence-corrected chi connectivity index (χ4v) is 1.71. The van der Waals surface area contributed by atoms with E-state index in [2.05, 4.69) is 11.4 Å². The molecule has 1 unspecified atom stereocenters. The molecule has 1 amide bonds. The van der Waals surface area contributed by atoms with Crippen molar-refractivity contribution in [2.24, 2.45) is 0 Å². The molecule has 4 nitrogen and oxygen atoms in total. The second-order valence-electron chi connectivity index (χ2n) is 4.69. The predicted molar refractivity (Wildman–Crippen MR) is 71.4 cm³/mol. The molecular weight excluding hydrogens is 226 g/mol. The predicted octanol–water partition coefficient (Wildman–Crippen LogP) is 0.669. The van der Waals surface area contributed by atoms with Gasteiger partial charge in [-0.05, 0) is 25.0 Å². The molecule has 0 saturated carbocycles. The number of hydrogen-bond donors (Lipinski definition) is 2. The average molecular weight is 246 g/mol. The first kappa shape index (κ1) is 14.2. The van der Waals surface area contributed by atoms with Gasteiger partial charge in [-0.2, -0.15) is 5.26 Å². The molecule has 2 atom stereocenters. The molecule has 0 aliphatic rings. The minimum absolute atomic E-state index is 0.0630. The summed E-state index contributed by atoms with van der Waals surface area (Å²) >= 11 is 0. The summed E-state index contributed by atoms with van der Waals surface area (Å²) in [5, 5.41) is 11.7. The van der Waals surface area contributed by atoms with Gasteiger partial charge in [0.15, 0.2) is 12.6 Å². The third kappa shape index (κ3) is 3.57. The van der Waals surface area contributed by atoms with E-state index in [-0.39, 0.29) is 11.9 Å². The maximum atomic E-state index is 11.9. The van der Waals surface area contributed by atoms with E-state index in [1.54, 1.807) is 0 Å². The van der Waals surface area contributed by atoms with Gasteiger partial charge in [0, 0.05) is 12.6 Å². The first-order valence-electron chi connectivity index (χ1n) is 6.03. The highest BCUT2D eigenvalue weighted by Crippen LogP contribution is 2.18. The maximum absolute atomic E-state index is 11.9. The zero-order valence-electron chi connectivity index (χ0n) is 11.4. The van der Waals surface area contributed by atoms with Crippen LogP contribution < -0.4 is 10.2 Å². The van der Waals surface area contributed by atoms with E-state index in [1.807, 2.05) is 46.0 Å². The maximum Gasteiger partial charge on any atom is 0.279 e. The molecule has 4 heteroatoms. The summed E-state index contributed by atoms with van der Waals surface area (Å²) in [5.74, 6) is -0.0630. The SMILES string of the molecule is Cc1cccc(C)c1NC(=O)C[NH+](C)[C@@H](C)C#N. The van der Waals surface area contributed by atoms with Gasteiger partial charge in [0.05, 0.1) is 7.05 Å². The molecule has 1 aromatic rings. The molecule has 0 aromatic heterocycles. The number of amides is 1. The fraction of sp³-hybridized carbons (Fsp3) is 0.429. The summed E-state index contributed by atoms with van der Waals surface area (Å²) < 4.78 is 0. The van der Waals surface area contributed by atoms with Gasteiger partial charge in [-0.1, -0.05) is 18.2 Å². The summed E-state index contributed by atoms with van der Waals surface area (Å²) in [4.78, 5) is 12.8.